The van der Waals surface area contributed by atoms with Gasteiger partial charge in [0.25, 0.3) is 15.9 Å². The zero-order valence-corrected chi connectivity index (χ0v) is 15.3. The molecule has 2 aromatic rings. The number of hydrogen-bond donors (Lipinski definition) is 0. The maximum absolute atomic E-state index is 12.6. The van der Waals surface area contributed by atoms with Crippen LogP contribution in [0.2, 0.25) is 0 Å². The normalized spacial score (nSPS) is 15.3. The summed E-state index contributed by atoms with van der Waals surface area (Å²) in [5.41, 5.74) is 0.711. The number of nitrogens with zero attached hydrogens (tertiary/aromatic N) is 1. The van der Waals surface area contributed by atoms with Crippen molar-refractivity contribution in [3.8, 4) is 11.5 Å². The summed E-state index contributed by atoms with van der Waals surface area (Å²) in [4.78, 5) is 12.5. The summed E-state index contributed by atoms with van der Waals surface area (Å²) in [7, 11) is -0.890. The largest absolute Gasteiger partial charge is 0.496 e. The summed E-state index contributed by atoms with van der Waals surface area (Å²) in [6, 6.07) is 9.50. The van der Waals surface area contributed by atoms with E-state index in [-0.39, 0.29) is 17.0 Å². The number of halogens is 1. The van der Waals surface area contributed by atoms with Gasteiger partial charge in [-0.3, -0.25) is 4.79 Å². The van der Waals surface area contributed by atoms with Crippen LogP contribution in [-0.2, 0) is 16.6 Å². The van der Waals surface area contributed by atoms with Gasteiger partial charge in [0, 0.05) is 5.56 Å². The summed E-state index contributed by atoms with van der Waals surface area (Å²) in [6.45, 7) is -0.136. The second-order valence-electron chi connectivity index (χ2n) is 5.11. The lowest BCUT2D eigenvalue weighted by atomic mass is 10.1. The van der Waals surface area contributed by atoms with Crippen LogP contribution in [0.4, 0.5) is 0 Å². The van der Waals surface area contributed by atoms with E-state index in [2.05, 4.69) is 15.9 Å². The van der Waals surface area contributed by atoms with E-state index < -0.39 is 15.9 Å². The second kappa shape index (κ2) is 6.10. The van der Waals surface area contributed by atoms with Gasteiger partial charge in [0.05, 0.1) is 30.8 Å². The van der Waals surface area contributed by atoms with Gasteiger partial charge in [-0.15, -0.1) is 0 Å². The van der Waals surface area contributed by atoms with Crippen molar-refractivity contribution in [2.45, 2.75) is 11.4 Å². The Morgan fingerprint density at radius 2 is 1.75 bits per heavy atom. The van der Waals surface area contributed by atoms with E-state index in [0.29, 0.717) is 21.5 Å². The highest BCUT2D eigenvalue weighted by Crippen LogP contribution is 2.36. The van der Waals surface area contributed by atoms with Crippen LogP contribution in [0.1, 0.15) is 15.9 Å². The molecule has 0 fully saturated rings. The fraction of sp³-hybridized carbons (Fsp3) is 0.188. The van der Waals surface area contributed by atoms with E-state index in [9.17, 15) is 13.2 Å². The molecular formula is C16H14BrNO5S. The van der Waals surface area contributed by atoms with Gasteiger partial charge in [-0.05, 0) is 40.2 Å². The van der Waals surface area contributed by atoms with Crippen LogP contribution in [0.5, 0.6) is 11.5 Å². The molecule has 2 aromatic carbocycles. The van der Waals surface area contributed by atoms with E-state index in [4.69, 9.17) is 9.47 Å². The monoisotopic (exact) mass is 411 g/mol. The Morgan fingerprint density at radius 1 is 1.08 bits per heavy atom. The maximum Gasteiger partial charge on any atom is 0.269 e. The first-order valence-electron chi connectivity index (χ1n) is 6.96. The molecule has 1 heterocycles. The van der Waals surface area contributed by atoms with E-state index in [1.54, 1.807) is 24.3 Å². The lowest BCUT2D eigenvalue weighted by Crippen LogP contribution is -2.29. The smallest absolute Gasteiger partial charge is 0.269 e. The lowest BCUT2D eigenvalue weighted by Gasteiger charge is -2.18. The summed E-state index contributed by atoms with van der Waals surface area (Å²) in [6.07, 6.45) is 0. The number of carbonyl (C=O) groups is 1. The third-order valence-electron chi connectivity index (χ3n) is 3.78. The molecule has 0 spiro atoms. The van der Waals surface area contributed by atoms with Crippen LogP contribution in [-0.4, -0.2) is 32.8 Å². The third kappa shape index (κ3) is 2.55. The molecule has 1 amide bonds. The van der Waals surface area contributed by atoms with Crippen molar-refractivity contribution in [3.63, 3.8) is 0 Å². The Labute approximate surface area is 148 Å². The Morgan fingerprint density at radius 3 is 2.38 bits per heavy atom. The number of fused-ring (bicyclic) bond motifs is 1. The summed E-state index contributed by atoms with van der Waals surface area (Å²) < 4.78 is 37.3. The molecule has 3 rings (SSSR count). The van der Waals surface area contributed by atoms with Crippen LogP contribution in [0, 0.1) is 0 Å². The lowest BCUT2D eigenvalue weighted by molar-refractivity contribution is 0.0864. The van der Waals surface area contributed by atoms with Crippen LogP contribution in [0.3, 0.4) is 0 Å². The third-order valence-corrected chi connectivity index (χ3v) is 6.19. The molecule has 8 heteroatoms. The fourth-order valence-corrected chi connectivity index (χ4v) is 4.62. The second-order valence-corrected chi connectivity index (χ2v) is 7.80. The minimum absolute atomic E-state index is 0.0260. The maximum atomic E-state index is 12.6. The standard InChI is InChI=1S/C16H14BrNO5S/c1-22-13-8-12(17)14(23-2)7-10(13)9-18-16(19)11-5-3-4-6-15(11)24(18,20)21/h3-8H,9H2,1-2H3. The zero-order valence-electron chi connectivity index (χ0n) is 12.9. The molecule has 0 radical (unpaired) electrons. The fourth-order valence-electron chi connectivity index (χ4n) is 2.59. The van der Waals surface area contributed by atoms with Crippen LogP contribution >= 0.6 is 15.9 Å². The number of rotatable bonds is 4. The number of amides is 1. The number of ether oxygens (including phenoxy) is 2. The van der Waals surface area contributed by atoms with Crippen molar-refractivity contribution in [2.24, 2.45) is 0 Å². The highest BCUT2D eigenvalue weighted by Gasteiger charge is 2.41. The average Bonchev–Trinajstić information content (AvgIpc) is 2.77. The van der Waals surface area contributed by atoms with Crippen LogP contribution in [0.25, 0.3) is 0 Å². The molecule has 0 N–H and O–H groups in total. The minimum Gasteiger partial charge on any atom is -0.496 e. The van der Waals surface area contributed by atoms with Crippen molar-refractivity contribution >= 4 is 31.9 Å². The quantitative estimate of drug-likeness (QED) is 0.773. The first-order chi connectivity index (χ1) is 11.4. The molecular weight excluding hydrogens is 398 g/mol. The average molecular weight is 412 g/mol. The number of sulfonamides is 1. The molecule has 1 aliphatic heterocycles. The topological polar surface area (TPSA) is 72.9 Å². The number of benzene rings is 2. The van der Waals surface area contributed by atoms with Crippen LogP contribution < -0.4 is 9.47 Å². The van der Waals surface area contributed by atoms with Gasteiger partial charge < -0.3 is 9.47 Å². The molecule has 6 nitrogen and oxygen atoms in total. The van der Waals surface area contributed by atoms with Crippen molar-refractivity contribution < 1.29 is 22.7 Å². The van der Waals surface area contributed by atoms with Gasteiger partial charge in [-0.25, -0.2) is 12.7 Å². The molecule has 0 saturated heterocycles. The van der Waals surface area contributed by atoms with E-state index in [0.717, 1.165) is 4.31 Å². The molecule has 0 bridgehead atoms. The minimum atomic E-state index is -3.87. The highest BCUT2D eigenvalue weighted by molar-refractivity contribution is 9.10. The first-order valence-corrected chi connectivity index (χ1v) is 9.20. The van der Waals surface area contributed by atoms with Gasteiger partial charge in [0.1, 0.15) is 16.4 Å². The molecule has 0 atom stereocenters. The van der Waals surface area contributed by atoms with Crippen molar-refractivity contribution in [2.75, 3.05) is 14.2 Å². The van der Waals surface area contributed by atoms with E-state index in [1.807, 2.05) is 0 Å². The highest BCUT2D eigenvalue weighted by atomic mass is 79.9. The Balaban J connectivity index is 2.06. The molecule has 0 aromatic heterocycles. The van der Waals surface area contributed by atoms with E-state index >= 15 is 0 Å². The molecule has 24 heavy (non-hydrogen) atoms. The Hall–Kier alpha value is -2.06. The summed E-state index contributed by atoms with van der Waals surface area (Å²) in [5.74, 6) is 0.434. The summed E-state index contributed by atoms with van der Waals surface area (Å²) >= 11 is 3.35. The SMILES string of the molecule is COc1cc(CN2C(=O)c3ccccc3S2(=O)=O)c(OC)cc1Br. The van der Waals surface area contributed by atoms with Gasteiger partial charge in [0.2, 0.25) is 0 Å². The number of carbonyl (C=O) groups excluding carboxylic acids is 1. The molecule has 0 aliphatic carbocycles. The Bertz CT molecular complexity index is 926. The van der Waals surface area contributed by atoms with Gasteiger partial charge in [-0.1, -0.05) is 12.1 Å². The molecule has 1 aliphatic rings. The van der Waals surface area contributed by atoms with Crippen molar-refractivity contribution in [1.82, 2.24) is 4.31 Å². The zero-order chi connectivity index (χ0) is 17.5. The van der Waals surface area contributed by atoms with Gasteiger partial charge in [-0.2, -0.15) is 0 Å². The van der Waals surface area contributed by atoms with Crippen molar-refractivity contribution in [1.29, 1.82) is 0 Å². The summed E-state index contributed by atoms with van der Waals surface area (Å²) in [5, 5.41) is 0. The van der Waals surface area contributed by atoms with Gasteiger partial charge >= 0.3 is 0 Å². The molecule has 0 unspecified atom stereocenters. The number of hydrogen-bond acceptors (Lipinski definition) is 5. The van der Waals surface area contributed by atoms with Crippen molar-refractivity contribution in [3.05, 3.63) is 52.0 Å². The number of methoxy groups -OCH3 is 2. The molecule has 0 saturated carbocycles. The molecule has 126 valence electrons. The van der Waals surface area contributed by atoms with Gasteiger partial charge in [0.15, 0.2) is 0 Å². The first kappa shape index (κ1) is 16.8. The van der Waals surface area contributed by atoms with E-state index in [1.165, 1.54) is 26.4 Å². The van der Waals surface area contributed by atoms with Crippen LogP contribution in [0.15, 0.2) is 45.8 Å². The predicted molar refractivity (Wildman–Crippen MR) is 90.7 cm³/mol. The Kier molecular flexibility index (Phi) is 4.27. The predicted octanol–water partition coefficient (Wildman–Crippen LogP) is 2.81.